The van der Waals surface area contributed by atoms with E-state index in [1.54, 1.807) is 12.3 Å². The van der Waals surface area contributed by atoms with E-state index in [4.69, 9.17) is 11.5 Å². The zero-order valence-electron chi connectivity index (χ0n) is 5.26. The van der Waals surface area contributed by atoms with Gasteiger partial charge in [-0.2, -0.15) is 0 Å². The molecule has 0 aliphatic heterocycles. The summed E-state index contributed by atoms with van der Waals surface area (Å²) in [5, 5.41) is 0. The molecule has 46 valence electrons. The second-order valence-electron chi connectivity index (χ2n) is 1.94. The van der Waals surface area contributed by atoms with Gasteiger partial charge < -0.3 is 11.5 Å². The van der Waals surface area contributed by atoms with Crippen LogP contribution in [0.15, 0.2) is 12.3 Å². The maximum Gasteiger partial charge on any atom is 0.166 e. The Morgan fingerprint density at radius 2 is 2.11 bits per heavy atom. The van der Waals surface area contributed by atoms with E-state index in [1.807, 2.05) is 7.85 Å². The fraction of sp³-hybridized carbons (Fsp3) is 0. The number of hydrogen-bond acceptors (Lipinski definition) is 3. The molecule has 0 aromatic carbocycles. The Bertz CT molecular complexity index is 223. The first-order chi connectivity index (χ1) is 4.20. The summed E-state index contributed by atoms with van der Waals surface area (Å²) in [6, 6.07) is 1.70. The highest BCUT2D eigenvalue weighted by Gasteiger charge is 1.91. The summed E-state index contributed by atoms with van der Waals surface area (Å²) in [7, 11) is 1.84. The van der Waals surface area contributed by atoms with Crippen molar-refractivity contribution < 1.29 is 0 Å². The third-order valence-electron chi connectivity index (χ3n) is 1.15. The van der Waals surface area contributed by atoms with E-state index in [0.29, 0.717) is 11.4 Å². The molecule has 3 nitrogen and oxygen atoms in total. The van der Waals surface area contributed by atoms with E-state index in [2.05, 4.69) is 4.98 Å². The van der Waals surface area contributed by atoms with Crippen LogP contribution in [0.1, 0.15) is 0 Å². The molecule has 4 N–H and O–H groups in total. The summed E-state index contributed by atoms with van der Waals surface area (Å²) >= 11 is 0. The molecule has 0 amide bonds. The molecule has 0 saturated heterocycles. The van der Waals surface area contributed by atoms with Crippen LogP contribution in [0.25, 0.3) is 0 Å². The SMILES string of the molecule is Bc1ncc(N)cc1N. The number of nitrogen functional groups attached to an aromatic ring is 2. The first-order valence-corrected chi connectivity index (χ1v) is 2.68. The molecular weight excluding hydrogens is 113 g/mol. The van der Waals surface area contributed by atoms with Crippen molar-refractivity contribution >= 4 is 24.8 Å². The molecule has 4 heteroatoms. The maximum atomic E-state index is 5.48. The third kappa shape index (κ3) is 1.13. The first-order valence-electron chi connectivity index (χ1n) is 2.68. The molecule has 0 unspecified atom stereocenters. The van der Waals surface area contributed by atoms with E-state index in [0.717, 1.165) is 5.59 Å². The van der Waals surface area contributed by atoms with Gasteiger partial charge in [0.05, 0.1) is 5.69 Å². The van der Waals surface area contributed by atoms with E-state index >= 15 is 0 Å². The minimum absolute atomic E-state index is 0.609. The van der Waals surface area contributed by atoms with Crippen LogP contribution in [-0.4, -0.2) is 12.8 Å². The molecule has 0 saturated carbocycles. The number of nitrogens with zero attached hydrogens (tertiary/aromatic N) is 1. The van der Waals surface area contributed by atoms with Gasteiger partial charge in [0.1, 0.15) is 0 Å². The normalized spacial score (nSPS) is 9.33. The number of rotatable bonds is 0. The zero-order valence-corrected chi connectivity index (χ0v) is 5.26. The first kappa shape index (κ1) is 5.94. The number of anilines is 2. The number of pyridine rings is 1. The van der Waals surface area contributed by atoms with Crippen LogP contribution in [0, 0.1) is 0 Å². The average Bonchev–Trinajstić information content (AvgIpc) is 1.80. The predicted octanol–water partition coefficient (Wildman–Crippen LogP) is -1.50. The van der Waals surface area contributed by atoms with E-state index in [1.165, 1.54) is 0 Å². The van der Waals surface area contributed by atoms with Gasteiger partial charge in [0.15, 0.2) is 7.85 Å². The van der Waals surface area contributed by atoms with Crippen molar-refractivity contribution in [1.29, 1.82) is 0 Å². The Labute approximate surface area is 54.5 Å². The molecular formula is C5H8BN3. The van der Waals surface area contributed by atoms with Crippen LogP contribution in [0.4, 0.5) is 11.4 Å². The Morgan fingerprint density at radius 1 is 1.44 bits per heavy atom. The fourth-order valence-corrected chi connectivity index (χ4v) is 0.567. The minimum atomic E-state index is 0.609. The van der Waals surface area contributed by atoms with E-state index < -0.39 is 0 Å². The summed E-state index contributed by atoms with van der Waals surface area (Å²) in [4.78, 5) is 3.93. The van der Waals surface area contributed by atoms with Gasteiger partial charge in [-0.1, -0.05) is 0 Å². The quantitative estimate of drug-likeness (QED) is 0.410. The van der Waals surface area contributed by atoms with Crippen molar-refractivity contribution in [3.05, 3.63) is 12.3 Å². The van der Waals surface area contributed by atoms with Gasteiger partial charge in [0.2, 0.25) is 0 Å². The Kier molecular flexibility index (Phi) is 1.30. The molecule has 1 heterocycles. The van der Waals surface area contributed by atoms with Crippen molar-refractivity contribution in [3.63, 3.8) is 0 Å². The Morgan fingerprint density at radius 3 is 2.56 bits per heavy atom. The van der Waals surface area contributed by atoms with Crippen LogP contribution in [-0.2, 0) is 0 Å². The third-order valence-corrected chi connectivity index (χ3v) is 1.15. The molecule has 0 atom stereocenters. The van der Waals surface area contributed by atoms with Gasteiger partial charge in [0.25, 0.3) is 0 Å². The number of nitrogens with two attached hydrogens (primary N) is 2. The highest BCUT2D eigenvalue weighted by Crippen LogP contribution is 2.00. The molecule has 0 aliphatic carbocycles. The maximum absolute atomic E-state index is 5.48. The van der Waals surface area contributed by atoms with Crippen LogP contribution in [0.5, 0.6) is 0 Å². The van der Waals surface area contributed by atoms with Gasteiger partial charge in [-0.3, -0.25) is 4.98 Å². The molecule has 1 aromatic rings. The monoisotopic (exact) mass is 121 g/mol. The molecule has 1 aromatic heterocycles. The molecule has 9 heavy (non-hydrogen) atoms. The van der Waals surface area contributed by atoms with E-state index in [-0.39, 0.29) is 0 Å². The summed E-state index contributed by atoms with van der Waals surface area (Å²) in [6.45, 7) is 0. The minimum Gasteiger partial charge on any atom is -0.398 e. The molecule has 0 spiro atoms. The standard InChI is InChI=1S/C5H8BN3/c6-5-4(8)1-3(7)2-9-5/h1-2H,6-8H2. The van der Waals surface area contributed by atoms with Crippen molar-refractivity contribution in [2.45, 2.75) is 0 Å². The molecule has 1 rings (SSSR count). The second kappa shape index (κ2) is 1.97. The lowest BCUT2D eigenvalue weighted by Gasteiger charge is -1.97. The van der Waals surface area contributed by atoms with Crippen LogP contribution in [0.2, 0.25) is 0 Å². The summed E-state index contributed by atoms with van der Waals surface area (Å²) in [5.74, 6) is 0. The highest BCUT2D eigenvalue weighted by atomic mass is 14.7. The fourth-order valence-electron chi connectivity index (χ4n) is 0.567. The molecule has 0 aliphatic rings. The largest absolute Gasteiger partial charge is 0.398 e. The van der Waals surface area contributed by atoms with Gasteiger partial charge >= 0.3 is 0 Å². The van der Waals surface area contributed by atoms with E-state index in [9.17, 15) is 0 Å². The van der Waals surface area contributed by atoms with Crippen LogP contribution >= 0.6 is 0 Å². The average molecular weight is 121 g/mol. The van der Waals surface area contributed by atoms with Gasteiger partial charge in [-0.15, -0.1) is 0 Å². The highest BCUT2D eigenvalue weighted by molar-refractivity contribution is 6.33. The Balaban J connectivity index is 3.17. The Hall–Kier alpha value is -1.19. The number of aromatic nitrogens is 1. The van der Waals surface area contributed by atoms with Crippen LogP contribution < -0.4 is 17.1 Å². The van der Waals surface area contributed by atoms with Crippen molar-refractivity contribution in [2.24, 2.45) is 0 Å². The number of hydrogen-bond donors (Lipinski definition) is 2. The molecule has 0 fully saturated rings. The lowest BCUT2D eigenvalue weighted by Crippen LogP contribution is -2.13. The van der Waals surface area contributed by atoms with Crippen LogP contribution in [0.3, 0.4) is 0 Å². The second-order valence-corrected chi connectivity index (χ2v) is 1.94. The predicted molar refractivity (Wildman–Crippen MR) is 41.2 cm³/mol. The lowest BCUT2D eigenvalue weighted by molar-refractivity contribution is 1.39. The van der Waals surface area contributed by atoms with Gasteiger partial charge in [-0.25, -0.2) is 0 Å². The molecule has 0 radical (unpaired) electrons. The smallest absolute Gasteiger partial charge is 0.166 e. The van der Waals surface area contributed by atoms with Crippen molar-refractivity contribution in [3.8, 4) is 0 Å². The summed E-state index contributed by atoms with van der Waals surface area (Å²) < 4.78 is 0. The van der Waals surface area contributed by atoms with Crippen molar-refractivity contribution in [2.75, 3.05) is 11.5 Å². The summed E-state index contributed by atoms with van der Waals surface area (Å²) in [6.07, 6.45) is 1.59. The van der Waals surface area contributed by atoms with Gasteiger partial charge in [0, 0.05) is 17.5 Å². The lowest BCUT2D eigenvalue weighted by atomic mass is 10.0. The van der Waals surface area contributed by atoms with Crippen molar-refractivity contribution in [1.82, 2.24) is 4.98 Å². The molecule has 0 bridgehead atoms. The topological polar surface area (TPSA) is 64.9 Å². The zero-order chi connectivity index (χ0) is 6.85. The summed E-state index contributed by atoms with van der Waals surface area (Å²) in [5.41, 5.74) is 12.9. The van der Waals surface area contributed by atoms with Gasteiger partial charge in [-0.05, 0) is 6.07 Å².